The third-order valence-corrected chi connectivity index (χ3v) is 4.63. The molecule has 0 radical (unpaired) electrons. The molecule has 1 aliphatic heterocycles. The summed E-state index contributed by atoms with van der Waals surface area (Å²) in [6.07, 6.45) is 0.173. The zero-order valence-corrected chi connectivity index (χ0v) is 16.9. The van der Waals surface area contributed by atoms with Gasteiger partial charge in [-0.3, -0.25) is 14.5 Å². The number of hydrogen-bond donors (Lipinski definition) is 1. The van der Waals surface area contributed by atoms with Crippen LogP contribution in [-0.4, -0.2) is 53.8 Å². The lowest BCUT2D eigenvalue weighted by Gasteiger charge is -2.36. The van der Waals surface area contributed by atoms with E-state index in [0.717, 1.165) is 5.56 Å². The van der Waals surface area contributed by atoms with E-state index in [2.05, 4.69) is 33.0 Å². The van der Waals surface area contributed by atoms with E-state index < -0.39 is 6.04 Å². The molecule has 2 amide bonds. The van der Waals surface area contributed by atoms with E-state index in [0.29, 0.717) is 44.6 Å². The molecule has 2 rings (SSSR count). The van der Waals surface area contributed by atoms with Gasteiger partial charge in [-0.2, -0.15) is 0 Å². The summed E-state index contributed by atoms with van der Waals surface area (Å²) in [5.74, 6) is 0.389. The van der Waals surface area contributed by atoms with E-state index >= 15 is 0 Å². The molecule has 0 unspecified atom stereocenters. The topological polar surface area (TPSA) is 52.7 Å². The quantitative estimate of drug-likeness (QED) is 0.758. The van der Waals surface area contributed by atoms with Gasteiger partial charge in [-0.25, -0.2) is 4.39 Å². The van der Waals surface area contributed by atoms with Crippen molar-refractivity contribution in [3.63, 3.8) is 0 Å². The van der Waals surface area contributed by atoms with Crippen molar-refractivity contribution in [3.05, 3.63) is 35.6 Å². The number of nitrogens with one attached hydrogen (secondary N) is 1. The second-order valence-electron chi connectivity index (χ2n) is 8.19. The summed E-state index contributed by atoms with van der Waals surface area (Å²) in [6.45, 7) is 11.5. The van der Waals surface area contributed by atoms with E-state index in [1.54, 1.807) is 12.1 Å². The molecule has 0 aromatic heterocycles. The first-order valence-corrected chi connectivity index (χ1v) is 9.80. The number of carbonyl (C=O) groups excluding carboxylic acids is 2. The Morgan fingerprint density at radius 2 is 1.78 bits per heavy atom. The molecule has 1 saturated heterocycles. The van der Waals surface area contributed by atoms with Gasteiger partial charge in [0, 0.05) is 32.7 Å². The molecule has 1 aromatic carbocycles. The summed E-state index contributed by atoms with van der Waals surface area (Å²) in [4.78, 5) is 29.3. The molecule has 1 heterocycles. The van der Waals surface area contributed by atoms with Gasteiger partial charge in [0.2, 0.25) is 11.8 Å². The van der Waals surface area contributed by atoms with Crippen molar-refractivity contribution in [2.24, 2.45) is 11.8 Å². The molecule has 1 fully saturated rings. The number of hydrogen-bond acceptors (Lipinski definition) is 3. The Bertz CT molecular complexity index is 621. The fourth-order valence-electron chi connectivity index (χ4n) is 3.45. The van der Waals surface area contributed by atoms with Gasteiger partial charge in [-0.15, -0.1) is 0 Å². The van der Waals surface area contributed by atoms with Gasteiger partial charge in [0.05, 0.1) is 12.5 Å². The normalized spacial score (nSPS) is 18.0. The Kier molecular flexibility index (Phi) is 7.78. The zero-order valence-electron chi connectivity index (χ0n) is 16.9. The molecule has 0 bridgehead atoms. The maximum Gasteiger partial charge on any atom is 0.237 e. The molecule has 6 heteroatoms. The maximum absolute atomic E-state index is 13.1. The minimum absolute atomic E-state index is 0.0172. The minimum Gasteiger partial charge on any atom is -0.353 e. The van der Waals surface area contributed by atoms with Crippen molar-refractivity contribution in [2.45, 2.75) is 46.7 Å². The van der Waals surface area contributed by atoms with Gasteiger partial charge in [0.1, 0.15) is 5.82 Å². The number of benzene rings is 1. The lowest BCUT2D eigenvalue weighted by Crippen LogP contribution is -2.56. The zero-order chi connectivity index (χ0) is 20.0. The number of rotatable bonds is 8. The van der Waals surface area contributed by atoms with Crippen LogP contribution in [0.15, 0.2) is 24.3 Å². The predicted octanol–water partition coefficient (Wildman–Crippen LogP) is 2.66. The number of amides is 2. The van der Waals surface area contributed by atoms with Crippen LogP contribution in [0.3, 0.4) is 0 Å². The van der Waals surface area contributed by atoms with E-state index in [1.807, 2.05) is 9.80 Å². The van der Waals surface area contributed by atoms with E-state index in [1.165, 1.54) is 12.1 Å². The number of carbonyl (C=O) groups is 2. The van der Waals surface area contributed by atoms with Gasteiger partial charge in [0.25, 0.3) is 0 Å². The molecule has 0 aliphatic carbocycles. The molecular weight excluding hydrogens is 345 g/mol. The fraction of sp³-hybridized carbons (Fsp3) is 0.619. The third-order valence-electron chi connectivity index (χ3n) is 4.63. The standard InChI is InChI=1S/C21H32FN3O2/c1-15(2)12-25(13-16(3)4)20(26)11-19-21(27)23-9-10-24(19)14-17-5-7-18(22)8-6-17/h5-8,15-16,19H,9-14H2,1-4H3,(H,23,27)/t19-/m1/s1. The van der Waals surface area contributed by atoms with Crippen LogP contribution >= 0.6 is 0 Å². The van der Waals surface area contributed by atoms with Gasteiger partial charge < -0.3 is 10.2 Å². The van der Waals surface area contributed by atoms with E-state index in [4.69, 9.17) is 0 Å². The summed E-state index contributed by atoms with van der Waals surface area (Å²) in [5, 5.41) is 2.87. The van der Waals surface area contributed by atoms with Crippen molar-refractivity contribution in [1.29, 1.82) is 0 Å². The minimum atomic E-state index is -0.488. The van der Waals surface area contributed by atoms with Crippen LogP contribution in [0, 0.1) is 17.7 Å². The first kappa shape index (κ1) is 21.4. The molecule has 1 aromatic rings. The van der Waals surface area contributed by atoms with Gasteiger partial charge in [-0.05, 0) is 29.5 Å². The first-order valence-electron chi connectivity index (χ1n) is 9.80. The third kappa shape index (κ3) is 6.61. The smallest absolute Gasteiger partial charge is 0.237 e. The highest BCUT2D eigenvalue weighted by Crippen LogP contribution is 2.16. The van der Waals surface area contributed by atoms with Gasteiger partial charge in [0.15, 0.2) is 0 Å². The average molecular weight is 378 g/mol. The highest BCUT2D eigenvalue weighted by atomic mass is 19.1. The Labute approximate surface area is 161 Å². The number of piperazine rings is 1. The van der Waals surface area contributed by atoms with Crippen molar-refractivity contribution >= 4 is 11.8 Å². The second kappa shape index (κ2) is 9.83. The first-order chi connectivity index (χ1) is 12.8. The van der Waals surface area contributed by atoms with E-state index in [9.17, 15) is 14.0 Å². The van der Waals surface area contributed by atoms with Crippen LogP contribution in [0.4, 0.5) is 4.39 Å². The van der Waals surface area contributed by atoms with E-state index in [-0.39, 0.29) is 24.1 Å². The molecule has 0 saturated carbocycles. The molecule has 150 valence electrons. The van der Waals surface area contributed by atoms with Crippen LogP contribution in [0.5, 0.6) is 0 Å². The molecule has 0 spiro atoms. The molecule has 5 nitrogen and oxygen atoms in total. The van der Waals surface area contributed by atoms with Gasteiger partial charge in [-0.1, -0.05) is 39.8 Å². The fourth-order valence-corrected chi connectivity index (χ4v) is 3.45. The average Bonchev–Trinajstić information content (AvgIpc) is 2.58. The van der Waals surface area contributed by atoms with Crippen LogP contribution < -0.4 is 5.32 Å². The van der Waals surface area contributed by atoms with Crippen LogP contribution in [0.1, 0.15) is 39.7 Å². The SMILES string of the molecule is CC(C)CN(CC(C)C)C(=O)C[C@@H]1C(=O)NCCN1Cc1ccc(F)cc1. The summed E-state index contributed by atoms with van der Waals surface area (Å²) >= 11 is 0. The Morgan fingerprint density at radius 3 is 2.33 bits per heavy atom. The predicted molar refractivity (Wildman–Crippen MR) is 104 cm³/mol. The second-order valence-corrected chi connectivity index (χ2v) is 8.19. The maximum atomic E-state index is 13.1. The summed E-state index contributed by atoms with van der Waals surface area (Å²) < 4.78 is 13.1. The highest BCUT2D eigenvalue weighted by molar-refractivity contribution is 5.88. The lowest BCUT2D eigenvalue weighted by molar-refractivity contribution is -0.139. The molecular formula is C21H32FN3O2. The van der Waals surface area contributed by atoms with Crippen molar-refractivity contribution < 1.29 is 14.0 Å². The monoisotopic (exact) mass is 377 g/mol. The summed E-state index contributed by atoms with van der Waals surface area (Å²) in [5.41, 5.74) is 0.935. The Hall–Kier alpha value is -1.95. The molecule has 27 heavy (non-hydrogen) atoms. The summed E-state index contributed by atoms with van der Waals surface area (Å²) in [6, 6.07) is 5.81. The number of nitrogens with zero attached hydrogens (tertiary/aromatic N) is 2. The summed E-state index contributed by atoms with van der Waals surface area (Å²) in [7, 11) is 0. The largest absolute Gasteiger partial charge is 0.353 e. The Balaban J connectivity index is 2.09. The van der Waals surface area contributed by atoms with Crippen molar-refractivity contribution in [2.75, 3.05) is 26.2 Å². The van der Waals surface area contributed by atoms with Crippen molar-refractivity contribution in [1.82, 2.24) is 15.1 Å². The van der Waals surface area contributed by atoms with Crippen LogP contribution in [-0.2, 0) is 16.1 Å². The van der Waals surface area contributed by atoms with Crippen LogP contribution in [0.25, 0.3) is 0 Å². The number of halogens is 1. The Morgan fingerprint density at radius 1 is 1.19 bits per heavy atom. The lowest BCUT2D eigenvalue weighted by atomic mass is 10.0. The molecule has 1 atom stereocenters. The van der Waals surface area contributed by atoms with Crippen molar-refractivity contribution in [3.8, 4) is 0 Å². The molecule has 1 aliphatic rings. The highest BCUT2D eigenvalue weighted by Gasteiger charge is 2.33. The van der Waals surface area contributed by atoms with Crippen LogP contribution in [0.2, 0.25) is 0 Å². The molecule has 1 N–H and O–H groups in total. The van der Waals surface area contributed by atoms with Gasteiger partial charge >= 0.3 is 0 Å².